The number of pyridine rings is 1. The quantitative estimate of drug-likeness (QED) is 0.611. The van der Waals surface area contributed by atoms with Crippen molar-refractivity contribution in [2.45, 2.75) is 13.0 Å². The van der Waals surface area contributed by atoms with Crippen LogP contribution in [0.25, 0.3) is 11.2 Å². The van der Waals surface area contributed by atoms with Crippen molar-refractivity contribution in [2.75, 3.05) is 5.88 Å². The molecule has 2 heterocycles. The van der Waals surface area contributed by atoms with Crippen LogP contribution in [0.5, 0.6) is 0 Å². The molecule has 0 aliphatic carbocycles. The normalized spacial score (nSPS) is 11.2. The molecule has 3 rings (SSSR count). The highest BCUT2D eigenvalue weighted by molar-refractivity contribution is 9.10. The summed E-state index contributed by atoms with van der Waals surface area (Å²) in [5, 5.41) is 0.588. The van der Waals surface area contributed by atoms with Crippen molar-refractivity contribution in [2.24, 2.45) is 0 Å². The van der Waals surface area contributed by atoms with Gasteiger partial charge in [-0.05, 0) is 17.7 Å². The van der Waals surface area contributed by atoms with Crippen LogP contribution >= 0.6 is 39.1 Å². The van der Waals surface area contributed by atoms with E-state index in [0.717, 1.165) is 21.5 Å². The highest BCUT2D eigenvalue weighted by atomic mass is 79.9. The molecule has 21 heavy (non-hydrogen) atoms. The predicted molar refractivity (Wildman–Crippen MR) is 90.2 cm³/mol. The van der Waals surface area contributed by atoms with Gasteiger partial charge in [0, 0.05) is 23.0 Å². The molecule has 0 amide bonds. The molecule has 0 fully saturated rings. The number of aryl methyl sites for hydroxylation is 1. The van der Waals surface area contributed by atoms with Crippen LogP contribution in [0.1, 0.15) is 11.4 Å². The lowest BCUT2D eigenvalue weighted by atomic mass is 10.2. The average Bonchev–Trinajstić information content (AvgIpc) is 2.79. The number of fused-ring (bicyclic) bond motifs is 1. The van der Waals surface area contributed by atoms with E-state index in [9.17, 15) is 0 Å². The topological polar surface area (TPSA) is 30.7 Å². The number of alkyl halides is 1. The fourth-order valence-corrected chi connectivity index (χ4v) is 3.00. The summed E-state index contributed by atoms with van der Waals surface area (Å²) in [6.07, 6.45) is 2.34. The Hall–Kier alpha value is -1.10. The summed E-state index contributed by atoms with van der Waals surface area (Å²) in [4.78, 5) is 9.02. The fourth-order valence-electron chi connectivity index (χ4n) is 2.27. The van der Waals surface area contributed by atoms with E-state index in [2.05, 4.69) is 36.5 Å². The summed E-state index contributed by atoms with van der Waals surface area (Å²) in [5.41, 5.74) is 2.80. The number of aromatic nitrogens is 3. The third kappa shape index (κ3) is 3.07. The van der Waals surface area contributed by atoms with Crippen molar-refractivity contribution in [1.29, 1.82) is 0 Å². The van der Waals surface area contributed by atoms with E-state index in [0.29, 0.717) is 23.9 Å². The van der Waals surface area contributed by atoms with Gasteiger partial charge in [-0.25, -0.2) is 9.97 Å². The molecule has 0 unspecified atom stereocenters. The first-order valence-electron chi connectivity index (χ1n) is 6.49. The average molecular weight is 385 g/mol. The molecule has 0 radical (unpaired) electrons. The Morgan fingerprint density at radius 1 is 1.24 bits per heavy atom. The van der Waals surface area contributed by atoms with Gasteiger partial charge >= 0.3 is 0 Å². The summed E-state index contributed by atoms with van der Waals surface area (Å²) >= 11 is 15.5. The van der Waals surface area contributed by atoms with Crippen molar-refractivity contribution in [3.63, 3.8) is 0 Å². The van der Waals surface area contributed by atoms with Crippen molar-refractivity contribution in [3.05, 3.63) is 57.4 Å². The third-order valence-corrected chi connectivity index (χ3v) is 4.40. The third-order valence-electron chi connectivity index (χ3n) is 3.24. The molecule has 0 aliphatic rings. The van der Waals surface area contributed by atoms with Crippen molar-refractivity contribution in [1.82, 2.24) is 14.5 Å². The van der Waals surface area contributed by atoms with Gasteiger partial charge in [0.25, 0.3) is 0 Å². The highest BCUT2D eigenvalue weighted by Crippen LogP contribution is 2.23. The van der Waals surface area contributed by atoms with Crippen LogP contribution in [0, 0.1) is 0 Å². The Morgan fingerprint density at radius 2 is 2.05 bits per heavy atom. The molecule has 0 aliphatic heterocycles. The lowest BCUT2D eigenvalue weighted by molar-refractivity contribution is 0.745. The van der Waals surface area contributed by atoms with Gasteiger partial charge < -0.3 is 4.57 Å². The van der Waals surface area contributed by atoms with Crippen molar-refractivity contribution < 1.29 is 0 Å². The zero-order valence-electron chi connectivity index (χ0n) is 11.1. The number of hydrogen-bond acceptors (Lipinski definition) is 2. The maximum atomic E-state index is 6.00. The number of imidazole rings is 1. The van der Waals surface area contributed by atoms with Gasteiger partial charge in [-0.3, -0.25) is 0 Å². The van der Waals surface area contributed by atoms with Crippen molar-refractivity contribution >= 4 is 50.3 Å². The number of rotatable bonds is 4. The van der Waals surface area contributed by atoms with Gasteiger partial charge in [0.1, 0.15) is 11.3 Å². The van der Waals surface area contributed by atoms with Crippen LogP contribution in [0.3, 0.4) is 0 Å². The zero-order valence-corrected chi connectivity index (χ0v) is 14.2. The molecule has 0 N–H and O–H groups in total. The molecule has 108 valence electrons. The highest BCUT2D eigenvalue weighted by Gasteiger charge is 2.13. The Balaban J connectivity index is 2.11. The Bertz CT molecular complexity index is 786. The second-order valence-corrected chi connectivity index (χ2v) is 6.31. The van der Waals surface area contributed by atoms with Gasteiger partial charge in [-0.2, -0.15) is 0 Å². The first-order chi connectivity index (χ1) is 10.2. The first kappa shape index (κ1) is 14.8. The molecule has 3 aromatic rings. The number of hydrogen-bond donors (Lipinski definition) is 0. The van der Waals surface area contributed by atoms with E-state index in [-0.39, 0.29) is 0 Å². The lowest BCUT2D eigenvalue weighted by Gasteiger charge is -2.09. The molecule has 2 aromatic heterocycles. The van der Waals surface area contributed by atoms with Gasteiger partial charge in [0.05, 0.1) is 11.6 Å². The second kappa shape index (κ2) is 6.34. The Morgan fingerprint density at radius 3 is 2.81 bits per heavy atom. The van der Waals surface area contributed by atoms with Crippen LogP contribution in [-0.2, 0) is 13.0 Å². The van der Waals surface area contributed by atoms with Gasteiger partial charge in [-0.1, -0.05) is 45.7 Å². The molecule has 0 saturated carbocycles. The zero-order chi connectivity index (χ0) is 14.8. The number of benzene rings is 1. The van der Waals surface area contributed by atoms with E-state index in [4.69, 9.17) is 23.2 Å². The molecule has 6 heteroatoms. The second-order valence-electron chi connectivity index (χ2n) is 4.64. The SMILES string of the molecule is ClCCc1nc2cc(Cl)cnc2n1Cc1ccccc1Br. The maximum Gasteiger partial charge on any atom is 0.160 e. The van der Waals surface area contributed by atoms with E-state index < -0.39 is 0 Å². The predicted octanol–water partition coefficient (Wildman–Crippen LogP) is 4.68. The van der Waals surface area contributed by atoms with E-state index in [1.54, 1.807) is 6.20 Å². The Kier molecular flexibility index (Phi) is 4.48. The first-order valence-corrected chi connectivity index (χ1v) is 8.19. The minimum absolute atomic E-state index is 0.521. The molecule has 0 atom stereocenters. The summed E-state index contributed by atoms with van der Waals surface area (Å²) in [6, 6.07) is 9.95. The maximum absolute atomic E-state index is 6.00. The fraction of sp³-hybridized carbons (Fsp3) is 0.200. The molecular weight excluding hydrogens is 373 g/mol. The van der Waals surface area contributed by atoms with Crippen LogP contribution < -0.4 is 0 Å². The monoisotopic (exact) mass is 383 g/mol. The summed E-state index contributed by atoms with van der Waals surface area (Å²) < 4.78 is 3.16. The summed E-state index contributed by atoms with van der Waals surface area (Å²) in [7, 11) is 0. The smallest absolute Gasteiger partial charge is 0.160 e. The molecule has 1 aromatic carbocycles. The van der Waals surface area contributed by atoms with E-state index in [1.165, 1.54) is 5.56 Å². The molecule has 0 spiro atoms. The minimum atomic E-state index is 0.521. The van der Waals surface area contributed by atoms with Crippen LogP contribution in [0.4, 0.5) is 0 Å². The summed E-state index contributed by atoms with van der Waals surface area (Å²) in [6.45, 7) is 0.693. The minimum Gasteiger partial charge on any atom is -0.308 e. The van der Waals surface area contributed by atoms with E-state index in [1.807, 2.05) is 24.3 Å². The van der Waals surface area contributed by atoms with Gasteiger partial charge in [0.2, 0.25) is 0 Å². The molecule has 0 saturated heterocycles. The van der Waals surface area contributed by atoms with Crippen LogP contribution in [0.15, 0.2) is 41.0 Å². The molecule has 3 nitrogen and oxygen atoms in total. The van der Waals surface area contributed by atoms with Crippen molar-refractivity contribution in [3.8, 4) is 0 Å². The standard InChI is InChI=1S/C15H12BrCl2N3/c16-12-4-2-1-3-10(12)9-21-14(5-6-17)20-13-7-11(18)8-19-15(13)21/h1-4,7-8H,5-6,9H2. The van der Waals surface area contributed by atoms with Crippen LogP contribution in [-0.4, -0.2) is 20.4 Å². The van der Waals surface area contributed by atoms with Crippen LogP contribution in [0.2, 0.25) is 5.02 Å². The number of nitrogens with zero attached hydrogens (tertiary/aromatic N) is 3. The van der Waals surface area contributed by atoms with E-state index >= 15 is 0 Å². The molecular formula is C15H12BrCl2N3. The van der Waals surface area contributed by atoms with Gasteiger partial charge in [0.15, 0.2) is 5.65 Å². The molecule has 0 bridgehead atoms. The lowest BCUT2D eigenvalue weighted by Crippen LogP contribution is -2.07. The van der Waals surface area contributed by atoms with Gasteiger partial charge in [-0.15, -0.1) is 11.6 Å². The summed E-state index contributed by atoms with van der Waals surface area (Å²) in [5.74, 6) is 1.44. The Labute approximate surface area is 141 Å². The largest absolute Gasteiger partial charge is 0.308 e. The number of halogens is 3.